The zero-order valence-electron chi connectivity index (χ0n) is 18.8. The minimum absolute atomic E-state index is 0.0305. The van der Waals surface area contributed by atoms with E-state index in [2.05, 4.69) is 10.6 Å². The number of halogens is 1. The van der Waals surface area contributed by atoms with Gasteiger partial charge in [-0.3, -0.25) is 9.59 Å². The van der Waals surface area contributed by atoms with Crippen molar-refractivity contribution >= 4 is 11.9 Å². The summed E-state index contributed by atoms with van der Waals surface area (Å²) in [5.41, 5.74) is -0.535. The summed E-state index contributed by atoms with van der Waals surface area (Å²) in [5.74, 6) is 1.06. The van der Waals surface area contributed by atoms with Gasteiger partial charge in [-0.25, -0.2) is 4.39 Å². The van der Waals surface area contributed by atoms with Gasteiger partial charge in [-0.05, 0) is 109 Å². The lowest BCUT2D eigenvalue weighted by molar-refractivity contribution is -0.162. The molecule has 4 aliphatic rings. The third-order valence-electron chi connectivity index (χ3n) is 7.87. The Labute approximate surface area is 180 Å². The predicted octanol–water partition coefficient (Wildman–Crippen LogP) is 3.61. The zero-order valence-corrected chi connectivity index (χ0v) is 18.8. The lowest BCUT2D eigenvalue weighted by Crippen LogP contribution is -2.46. The number of fused-ring (bicyclic) bond motifs is 1. The quantitative estimate of drug-likeness (QED) is 0.679. The van der Waals surface area contributed by atoms with Crippen LogP contribution in [0.15, 0.2) is 0 Å². The minimum atomic E-state index is -1.01. The van der Waals surface area contributed by atoms with Crippen molar-refractivity contribution in [2.75, 3.05) is 13.1 Å². The first-order valence-electron chi connectivity index (χ1n) is 12.1. The molecule has 0 aromatic heterocycles. The first-order chi connectivity index (χ1) is 14.2. The van der Waals surface area contributed by atoms with E-state index in [1.165, 1.54) is 12.8 Å². The number of rotatable bonds is 4. The molecule has 0 aromatic carbocycles. The van der Waals surface area contributed by atoms with Gasteiger partial charge in [-0.1, -0.05) is 0 Å². The van der Waals surface area contributed by atoms with E-state index in [0.29, 0.717) is 18.9 Å². The SMILES string of the molecule is CC(C)(C)OC(=O)C1CCC(C2CC2C(=O)NC2CCC3CNCCC3C2)C(F)C1. The number of piperidine rings is 1. The summed E-state index contributed by atoms with van der Waals surface area (Å²) in [4.78, 5) is 25.1. The monoisotopic (exact) mass is 422 g/mol. The van der Waals surface area contributed by atoms with Crippen LogP contribution in [0.4, 0.5) is 4.39 Å². The highest BCUT2D eigenvalue weighted by Gasteiger charge is 2.52. The maximum Gasteiger partial charge on any atom is 0.309 e. The standard InChI is InChI=1S/C24H39FN2O3/c1-24(2,3)30-23(29)15-5-7-18(21(25)11-15)19-12-20(19)22(28)27-17-6-4-16-13-26-9-8-14(16)10-17/h14-21,26H,4-13H2,1-3H3,(H,27,28). The van der Waals surface area contributed by atoms with Crippen molar-refractivity contribution < 1.29 is 18.7 Å². The Morgan fingerprint density at radius 2 is 1.77 bits per heavy atom. The Hall–Kier alpha value is -1.17. The summed E-state index contributed by atoms with van der Waals surface area (Å²) < 4.78 is 20.4. The van der Waals surface area contributed by atoms with E-state index in [9.17, 15) is 14.0 Å². The Kier molecular flexibility index (Phi) is 6.43. The summed E-state index contributed by atoms with van der Waals surface area (Å²) in [6.07, 6.45) is 5.96. The smallest absolute Gasteiger partial charge is 0.309 e. The predicted molar refractivity (Wildman–Crippen MR) is 113 cm³/mol. The number of hydrogen-bond acceptors (Lipinski definition) is 4. The lowest BCUT2D eigenvalue weighted by Gasteiger charge is -2.39. The van der Waals surface area contributed by atoms with E-state index < -0.39 is 11.8 Å². The molecule has 170 valence electrons. The molecule has 2 N–H and O–H groups in total. The fraction of sp³-hybridized carbons (Fsp3) is 0.917. The summed E-state index contributed by atoms with van der Waals surface area (Å²) in [6, 6.07) is 0.294. The van der Waals surface area contributed by atoms with Gasteiger partial charge in [0.05, 0.1) is 5.92 Å². The molecule has 6 heteroatoms. The molecular weight excluding hydrogens is 383 g/mol. The maximum atomic E-state index is 14.9. The molecule has 3 aliphatic carbocycles. The second-order valence-electron chi connectivity index (χ2n) is 11.3. The van der Waals surface area contributed by atoms with Crippen LogP contribution in [-0.4, -0.2) is 42.8 Å². The summed E-state index contributed by atoms with van der Waals surface area (Å²) in [5, 5.41) is 6.78. The lowest BCUT2D eigenvalue weighted by atomic mass is 9.73. The van der Waals surface area contributed by atoms with Gasteiger partial charge in [0.25, 0.3) is 0 Å². The average Bonchev–Trinajstić information content (AvgIpc) is 3.47. The molecule has 0 spiro atoms. The topological polar surface area (TPSA) is 67.4 Å². The maximum absolute atomic E-state index is 14.9. The van der Waals surface area contributed by atoms with Crippen LogP contribution in [0.25, 0.3) is 0 Å². The molecule has 4 fully saturated rings. The Morgan fingerprint density at radius 3 is 2.50 bits per heavy atom. The van der Waals surface area contributed by atoms with Crippen LogP contribution in [0.1, 0.15) is 72.1 Å². The molecule has 30 heavy (non-hydrogen) atoms. The number of hydrogen-bond donors (Lipinski definition) is 2. The van der Waals surface area contributed by atoms with E-state index in [1.54, 1.807) is 0 Å². The van der Waals surface area contributed by atoms with Gasteiger partial charge < -0.3 is 15.4 Å². The highest BCUT2D eigenvalue weighted by Crippen LogP contribution is 2.51. The Morgan fingerprint density at radius 1 is 0.967 bits per heavy atom. The van der Waals surface area contributed by atoms with E-state index in [0.717, 1.165) is 44.2 Å². The first kappa shape index (κ1) is 22.0. The third kappa shape index (κ3) is 5.17. The molecule has 5 nitrogen and oxygen atoms in total. The largest absolute Gasteiger partial charge is 0.460 e. The second kappa shape index (κ2) is 8.76. The van der Waals surface area contributed by atoms with Crippen molar-refractivity contribution in [1.29, 1.82) is 0 Å². The molecule has 0 bridgehead atoms. The molecule has 1 amide bonds. The molecule has 8 atom stereocenters. The van der Waals surface area contributed by atoms with Crippen LogP contribution in [0.2, 0.25) is 0 Å². The molecule has 1 aliphatic heterocycles. The Balaban J connectivity index is 1.22. The first-order valence-corrected chi connectivity index (χ1v) is 12.1. The van der Waals surface area contributed by atoms with Gasteiger partial charge in [0.1, 0.15) is 11.8 Å². The number of alkyl halides is 1. The molecule has 3 saturated carbocycles. The van der Waals surface area contributed by atoms with Gasteiger partial charge in [-0.15, -0.1) is 0 Å². The van der Waals surface area contributed by atoms with Crippen molar-refractivity contribution in [3.05, 3.63) is 0 Å². The number of ether oxygens (including phenoxy) is 1. The third-order valence-corrected chi connectivity index (χ3v) is 7.87. The van der Waals surface area contributed by atoms with Gasteiger partial charge in [0, 0.05) is 12.0 Å². The summed E-state index contributed by atoms with van der Waals surface area (Å²) in [7, 11) is 0. The van der Waals surface area contributed by atoms with Crippen LogP contribution in [0, 0.1) is 35.5 Å². The average molecular weight is 423 g/mol. The van der Waals surface area contributed by atoms with Crippen LogP contribution in [-0.2, 0) is 14.3 Å². The molecule has 0 radical (unpaired) electrons. The molecule has 1 heterocycles. The van der Waals surface area contributed by atoms with Crippen molar-refractivity contribution in [2.45, 2.75) is 90.0 Å². The minimum Gasteiger partial charge on any atom is -0.460 e. The van der Waals surface area contributed by atoms with Gasteiger partial charge in [0.2, 0.25) is 5.91 Å². The Bertz CT molecular complexity index is 649. The number of nitrogens with one attached hydrogen (secondary N) is 2. The molecule has 8 unspecified atom stereocenters. The van der Waals surface area contributed by atoms with Crippen LogP contribution >= 0.6 is 0 Å². The van der Waals surface area contributed by atoms with Crippen LogP contribution in [0.3, 0.4) is 0 Å². The molecule has 4 rings (SSSR count). The molecule has 1 saturated heterocycles. The highest BCUT2D eigenvalue weighted by atomic mass is 19.1. The summed E-state index contributed by atoms with van der Waals surface area (Å²) >= 11 is 0. The number of carbonyl (C=O) groups is 2. The van der Waals surface area contributed by atoms with Gasteiger partial charge >= 0.3 is 5.97 Å². The van der Waals surface area contributed by atoms with E-state index in [4.69, 9.17) is 4.74 Å². The van der Waals surface area contributed by atoms with E-state index in [1.807, 2.05) is 20.8 Å². The highest BCUT2D eigenvalue weighted by molar-refractivity contribution is 5.82. The van der Waals surface area contributed by atoms with E-state index in [-0.39, 0.29) is 42.0 Å². The summed E-state index contributed by atoms with van der Waals surface area (Å²) in [6.45, 7) is 7.74. The van der Waals surface area contributed by atoms with Gasteiger partial charge in [0.15, 0.2) is 0 Å². The number of esters is 1. The van der Waals surface area contributed by atoms with Crippen molar-refractivity contribution in [3.8, 4) is 0 Å². The van der Waals surface area contributed by atoms with Crippen LogP contribution in [0.5, 0.6) is 0 Å². The van der Waals surface area contributed by atoms with Crippen molar-refractivity contribution in [3.63, 3.8) is 0 Å². The van der Waals surface area contributed by atoms with Crippen LogP contribution < -0.4 is 10.6 Å². The number of carbonyl (C=O) groups excluding carboxylic acids is 2. The molecular formula is C24H39FN2O3. The second-order valence-corrected chi connectivity index (χ2v) is 11.3. The molecule has 0 aromatic rings. The fourth-order valence-electron chi connectivity index (χ4n) is 6.17. The fourth-order valence-corrected chi connectivity index (χ4v) is 6.17. The number of amides is 1. The van der Waals surface area contributed by atoms with E-state index >= 15 is 0 Å². The zero-order chi connectivity index (χ0) is 21.5. The normalized spacial score (nSPS) is 41.5. The van der Waals surface area contributed by atoms with Crippen molar-refractivity contribution in [1.82, 2.24) is 10.6 Å². The van der Waals surface area contributed by atoms with Crippen molar-refractivity contribution in [2.24, 2.45) is 35.5 Å². The van der Waals surface area contributed by atoms with Gasteiger partial charge in [-0.2, -0.15) is 0 Å².